The standard InChI is InChI=1S/C22H24ClFN2O4/c1-15-12-25(13-17-11-18(23)5-6-20(17)30-14-22(28)29)7-8-26(15)21(27)10-16-3-2-4-19(24)9-16/h2-6,9,11,15H,7-8,10,12-14H2,1H3,(H,28,29)/t15-/m0/s1. The van der Waals surface area contributed by atoms with Gasteiger partial charge in [0.05, 0.1) is 6.42 Å². The van der Waals surface area contributed by atoms with E-state index in [0.29, 0.717) is 42.5 Å². The maximum absolute atomic E-state index is 13.4. The van der Waals surface area contributed by atoms with Crippen LogP contribution >= 0.6 is 11.6 Å². The van der Waals surface area contributed by atoms with Crippen LogP contribution < -0.4 is 4.74 Å². The Kier molecular flexibility index (Phi) is 7.29. The fraction of sp³-hybridized carbons (Fsp3) is 0.364. The van der Waals surface area contributed by atoms with Crippen molar-refractivity contribution < 1.29 is 23.8 Å². The van der Waals surface area contributed by atoms with E-state index in [0.717, 1.165) is 5.56 Å². The number of carbonyl (C=O) groups is 2. The van der Waals surface area contributed by atoms with Gasteiger partial charge in [-0.1, -0.05) is 23.7 Å². The number of rotatable bonds is 7. The van der Waals surface area contributed by atoms with Crippen molar-refractivity contribution in [2.45, 2.75) is 25.9 Å². The average Bonchev–Trinajstić information content (AvgIpc) is 2.67. The molecule has 1 aliphatic rings. The molecule has 30 heavy (non-hydrogen) atoms. The minimum Gasteiger partial charge on any atom is -0.482 e. The van der Waals surface area contributed by atoms with Gasteiger partial charge in [-0.25, -0.2) is 9.18 Å². The van der Waals surface area contributed by atoms with Crippen molar-refractivity contribution >= 4 is 23.5 Å². The molecule has 2 aromatic rings. The summed E-state index contributed by atoms with van der Waals surface area (Å²) >= 11 is 6.11. The van der Waals surface area contributed by atoms with Crippen LogP contribution in [0.15, 0.2) is 42.5 Å². The normalized spacial score (nSPS) is 17.0. The summed E-state index contributed by atoms with van der Waals surface area (Å²) < 4.78 is 18.7. The van der Waals surface area contributed by atoms with E-state index in [4.69, 9.17) is 21.4 Å². The van der Waals surface area contributed by atoms with Gasteiger partial charge < -0.3 is 14.7 Å². The van der Waals surface area contributed by atoms with Crippen molar-refractivity contribution in [3.8, 4) is 5.75 Å². The molecule has 0 radical (unpaired) electrons. The largest absolute Gasteiger partial charge is 0.482 e. The summed E-state index contributed by atoms with van der Waals surface area (Å²) in [6, 6.07) is 11.2. The van der Waals surface area contributed by atoms with E-state index >= 15 is 0 Å². The van der Waals surface area contributed by atoms with Crippen molar-refractivity contribution in [2.24, 2.45) is 0 Å². The number of halogens is 2. The summed E-state index contributed by atoms with van der Waals surface area (Å²) in [7, 11) is 0. The number of carboxylic acid groups (broad SMARTS) is 1. The molecule has 0 unspecified atom stereocenters. The highest BCUT2D eigenvalue weighted by molar-refractivity contribution is 6.30. The van der Waals surface area contributed by atoms with Crippen molar-refractivity contribution in [1.29, 1.82) is 0 Å². The van der Waals surface area contributed by atoms with Gasteiger partial charge in [-0.3, -0.25) is 9.69 Å². The molecule has 1 saturated heterocycles. The smallest absolute Gasteiger partial charge is 0.341 e. The number of ether oxygens (including phenoxy) is 1. The number of piperazine rings is 1. The van der Waals surface area contributed by atoms with Crippen molar-refractivity contribution in [3.05, 3.63) is 64.4 Å². The van der Waals surface area contributed by atoms with Crippen molar-refractivity contribution in [3.63, 3.8) is 0 Å². The lowest BCUT2D eigenvalue weighted by molar-refractivity contribution is -0.139. The summed E-state index contributed by atoms with van der Waals surface area (Å²) in [6.45, 7) is 3.96. The van der Waals surface area contributed by atoms with E-state index in [9.17, 15) is 14.0 Å². The molecule has 0 spiro atoms. The number of hydrogen-bond donors (Lipinski definition) is 1. The number of carboxylic acids is 1. The number of benzene rings is 2. The Hall–Kier alpha value is -2.64. The molecule has 160 valence electrons. The molecule has 8 heteroatoms. The lowest BCUT2D eigenvalue weighted by Crippen LogP contribution is -2.54. The Bertz CT molecular complexity index is 924. The monoisotopic (exact) mass is 434 g/mol. The van der Waals surface area contributed by atoms with Gasteiger partial charge in [0.25, 0.3) is 0 Å². The van der Waals surface area contributed by atoms with Crippen molar-refractivity contribution in [2.75, 3.05) is 26.2 Å². The quantitative estimate of drug-likeness (QED) is 0.724. The number of carbonyl (C=O) groups excluding carboxylic acids is 1. The highest BCUT2D eigenvalue weighted by Gasteiger charge is 2.28. The topological polar surface area (TPSA) is 70.1 Å². The van der Waals surface area contributed by atoms with Gasteiger partial charge in [-0.2, -0.15) is 0 Å². The third kappa shape index (κ3) is 5.93. The molecule has 1 amide bonds. The van der Waals surface area contributed by atoms with Crippen LogP contribution in [-0.4, -0.2) is 59.1 Å². The van der Waals surface area contributed by atoms with E-state index in [1.165, 1.54) is 12.1 Å². The highest BCUT2D eigenvalue weighted by atomic mass is 35.5. The Labute approximate surface area is 179 Å². The van der Waals surface area contributed by atoms with Gasteiger partial charge >= 0.3 is 5.97 Å². The first-order valence-electron chi connectivity index (χ1n) is 9.71. The van der Waals surface area contributed by atoms with Crippen LogP contribution in [0.1, 0.15) is 18.1 Å². The van der Waals surface area contributed by atoms with Gasteiger partial charge in [0.2, 0.25) is 5.91 Å². The summed E-state index contributed by atoms with van der Waals surface area (Å²) in [6.07, 6.45) is 0.170. The van der Waals surface area contributed by atoms with Crippen LogP contribution in [-0.2, 0) is 22.6 Å². The first kappa shape index (κ1) is 22.1. The van der Waals surface area contributed by atoms with Gasteiger partial charge in [0, 0.05) is 42.8 Å². The second kappa shape index (κ2) is 9.91. The Morgan fingerprint density at radius 2 is 2.03 bits per heavy atom. The van der Waals surface area contributed by atoms with E-state index in [1.807, 2.05) is 11.8 Å². The lowest BCUT2D eigenvalue weighted by atomic mass is 10.1. The zero-order valence-corrected chi connectivity index (χ0v) is 17.4. The van der Waals surface area contributed by atoms with Gasteiger partial charge in [-0.05, 0) is 42.8 Å². The molecule has 0 aliphatic carbocycles. The zero-order chi connectivity index (χ0) is 21.7. The SMILES string of the molecule is C[C@H]1CN(Cc2cc(Cl)ccc2OCC(=O)O)CCN1C(=O)Cc1cccc(F)c1. The zero-order valence-electron chi connectivity index (χ0n) is 16.7. The number of amides is 1. The van der Waals surface area contributed by atoms with Gasteiger partial charge in [0.1, 0.15) is 11.6 Å². The molecular formula is C22H24ClFN2O4. The predicted octanol–water partition coefficient (Wildman–Crippen LogP) is 3.22. The second-order valence-electron chi connectivity index (χ2n) is 7.41. The van der Waals surface area contributed by atoms with Crippen LogP contribution in [0.4, 0.5) is 4.39 Å². The van der Waals surface area contributed by atoms with Crippen molar-refractivity contribution in [1.82, 2.24) is 9.80 Å². The third-order valence-electron chi connectivity index (χ3n) is 5.04. The Morgan fingerprint density at radius 3 is 2.73 bits per heavy atom. The number of hydrogen-bond acceptors (Lipinski definition) is 4. The molecular weight excluding hydrogens is 411 g/mol. The second-order valence-corrected chi connectivity index (χ2v) is 7.85. The third-order valence-corrected chi connectivity index (χ3v) is 5.28. The molecule has 0 saturated carbocycles. The fourth-order valence-electron chi connectivity index (χ4n) is 3.66. The average molecular weight is 435 g/mol. The number of aliphatic carboxylic acids is 1. The minimum absolute atomic E-state index is 0.0117. The molecule has 1 atom stereocenters. The van der Waals surface area contributed by atoms with E-state index in [-0.39, 0.29) is 24.2 Å². The van der Waals surface area contributed by atoms with E-state index in [1.54, 1.807) is 30.3 Å². The predicted molar refractivity (Wildman–Crippen MR) is 111 cm³/mol. The highest BCUT2D eigenvalue weighted by Crippen LogP contribution is 2.25. The Morgan fingerprint density at radius 1 is 1.23 bits per heavy atom. The Balaban J connectivity index is 1.61. The molecule has 0 bridgehead atoms. The molecule has 1 N–H and O–H groups in total. The van der Waals surface area contributed by atoms with Gasteiger partial charge in [-0.15, -0.1) is 0 Å². The summed E-state index contributed by atoms with van der Waals surface area (Å²) in [5.74, 6) is -0.935. The lowest BCUT2D eigenvalue weighted by Gasteiger charge is -2.40. The molecule has 6 nitrogen and oxygen atoms in total. The van der Waals surface area contributed by atoms with Crippen LogP contribution in [0.25, 0.3) is 0 Å². The molecule has 2 aromatic carbocycles. The maximum Gasteiger partial charge on any atom is 0.341 e. The fourth-order valence-corrected chi connectivity index (χ4v) is 3.86. The van der Waals surface area contributed by atoms with Crippen LogP contribution in [0.3, 0.4) is 0 Å². The van der Waals surface area contributed by atoms with E-state index < -0.39 is 12.6 Å². The first-order chi connectivity index (χ1) is 14.3. The van der Waals surface area contributed by atoms with Crippen LogP contribution in [0, 0.1) is 5.82 Å². The molecule has 3 rings (SSSR count). The first-order valence-corrected chi connectivity index (χ1v) is 10.1. The summed E-state index contributed by atoms with van der Waals surface area (Å²) in [5.41, 5.74) is 1.46. The van der Waals surface area contributed by atoms with E-state index in [2.05, 4.69) is 4.90 Å². The van der Waals surface area contributed by atoms with Crippen LogP contribution in [0.2, 0.25) is 5.02 Å². The molecule has 1 aliphatic heterocycles. The summed E-state index contributed by atoms with van der Waals surface area (Å²) in [5, 5.41) is 9.40. The maximum atomic E-state index is 13.4. The van der Waals surface area contributed by atoms with Crippen LogP contribution in [0.5, 0.6) is 5.75 Å². The summed E-state index contributed by atoms with van der Waals surface area (Å²) in [4.78, 5) is 27.5. The molecule has 1 fully saturated rings. The minimum atomic E-state index is -1.05. The molecule has 1 heterocycles. The molecule has 0 aromatic heterocycles. The van der Waals surface area contributed by atoms with Gasteiger partial charge in [0.15, 0.2) is 6.61 Å². The number of nitrogens with zero attached hydrogens (tertiary/aromatic N) is 2.